The van der Waals surface area contributed by atoms with E-state index in [4.69, 9.17) is 5.11 Å². The van der Waals surface area contributed by atoms with Gasteiger partial charge < -0.3 is 10.1 Å². The third-order valence-electron chi connectivity index (χ3n) is 4.19. The van der Waals surface area contributed by atoms with Crippen LogP contribution in [0.25, 0.3) is 22.6 Å². The van der Waals surface area contributed by atoms with E-state index in [-0.39, 0.29) is 37.0 Å². The van der Waals surface area contributed by atoms with Crippen molar-refractivity contribution in [2.24, 2.45) is 0 Å². The molecule has 6 nitrogen and oxygen atoms in total. The van der Waals surface area contributed by atoms with Crippen LogP contribution in [0.3, 0.4) is 0 Å². The molecule has 0 aliphatic rings. The minimum atomic E-state index is -0.730. The molecule has 1 N–H and O–H groups in total. The summed E-state index contributed by atoms with van der Waals surface area (Å²) in [7, 11) is 1.00. The van der Waals surface area contributed by atoms with E-state index in [9.17, 15) is 17.6 Å². The molecule has 3 heterocycles. The summed E-state index contributed by atoms with van der Waals surface area (Å²) in [6.45, 7) is 0. The maximum absolute atomic E-state index is 13.7. The number of rotatable bonds is 3. The Bertz CT molecular complexity index is 1260. The third-order valence-corrected chi connectivity index (χ3v) is 4.19. The van der Waals surface area contributed by atoms with Gasteiger partial charge in [-0.1, -0.05) is 29.8 Å². The summed E-state index contributed by atoms with van der Waals surface area (Å²) < 4.78 is 55.7. The average molecular weight is 660 g/mol. The molecule has 0 atom stereocenters. The maximum atomic E-state index is 13.7. The van der Waals surface area contributed by atoms with Gasteiger partial charge in [0.15, 0.2) is 0 Å². The van der Waals surface area contributed by atoms with Crippen LogP contribution < -0.4 is 0 Å². The fourth-order valence-electron chi connectivity index (χ4n) is 2.77. The van der Waals surface area contributed by atoms with Crippen molar-refractivity contribution in [2.45, 2.75) is 0 Å². The molecule has 2 aromatic carbocycles. The monoisotopic (exact) mass is 660 g/mol. The topological polar surface area (TPSA) is 68.8 Å². The van der Waals surface area contributed by atoms with Crippen LogP contribution in [0.4, 0.5) is 17.6 Å². The summed E-state index contributed by atoms with van der Waals surface area (Å²) in [6.07, 6.45) is 7.67. The predicted octanol–water partition coefficient (Wildman–Crippen LogP) is 4.57. The van der Waals surface area contributed by atoms with E-state index < -0.39 is 23.3 Å². The molecule has 35 heavy (non-hydrogen) atoms. The Morgan fingerprint density at radius 3 is 1.83 bits per heavy atom. The van der Waals surface area contributed by atoms with Gasteiger partial charge in [-0.2, -0.15) is 10.2 Å². The van der Waals surface area contributed by atoms with Crippen molar-refractivity contribution in [2.75, 3.05) is 7.11 Å². The fraction of sp³-hybridized carbons (Fsp3) is 0.0417. The van der Waals surface area contributed by atoms with Crippen molar-refractivity contribution in [3.63, 3.8) is 0 Å². The number of benzene rings is 2. The van der Waals surface area contributed by atoms with Gasteiger partial charge in [-0.25, -0.2) is 0 Å². The number of aliphatic hydroxyl groups is 1. The summed E-state index contributed by atoms with van der Waals surface area (Å²) in [5.74, 6) is -2.75. The predicted molar refractivity (Wildman–Crippen MR) is 116 cm³/mol. The van der Waals surface area contributed by atoms with Crippen molar-refractivity contribution in [1.82, 2.24) is 24.5 Å². The Morgan fingerprint density at radius 2 is 1.37 bits per heavy atom. The second-order valence-corrected chi connectivity index (χ2v) is 6.32. The number of hydrogen-bond donors (Lipinski definition) is 1. The van der Waals surface area contributed by atoms with Crippen LogP contribution in [0.5, 0.6) is 0 Å². The summed E-state index contributed by atoms with van der Waals surface area (Å²) >= 11 is 0. The second-order valence-electron chi connectivity index (χ2n) is 6.32. The van der Waals surface area contributed by atoms with Crippen LogP contribution >= 0.6 is 0 Å². The normalized spacial score (nSPS) is 9.77. The van der Waals surface area contributed by atoms with Gasteiger partial charge in [0, 0.05) is 81.5 Å². The number of nitrogens with zero attached hydrogens (tertiary/aromatic N) is 5. The first-order chi connectivity index (χ1) is 16.5. The number of halogens is 4. The van der Waals surface area contributed by atoms with Crippen molar-refractivity contribution < 1.29 is 42.8 Å². The standard InChI is InChI=1S/C12H7F2N4.C11H6F2N.CH4O.Ir/c13-9-7-10(14)12(18-6-2-4-16-18)8-11(9)17-5-1-3-15-17;12-8-4-5-9(10(13)7-8)11-3-1-2-6-14-11;1-2;/h1-7H;1-4,6-7H;2H,1H3;/q2*-1;;. The summed E-state index contributed by atoms with van der Waals surface area (Å²) in [6, 6.07) is 16.2. The second kappa shape index (κ2) is 13.3. The molecular formula is C24H17F4IrN5O-2. The van der Waals surface area contributed by atoms with Crippen LogP contribution in [0, 0.1) is 35.4 Å². The van der Waals surface area contributed by atoms with E-state index >= 15 is 0 Å². The summed E-state index contributed by atoms with van der Waals surface area (Å²) in [5, 5.41) is 14.8. The van der Waals surface area contributed by atoms with Crippen LogP contribution in [-0.4, -0.2) is 36.8 Å². The molecule has 5 aromatic rings. The summed E-state index contributed by atoms with van der Waals surface area (Å²) in [4.78, 5) is 3.95. The molecule has 0 spiro atoms. The van der Waals surface area contributed by atoms with Crippen LogP contribution in [-0.2, 0) is 20.1 Å². The van der Waals surface area contributed by atoms with E-state index in [0.717, 1.165) is 25.3 Å². The minimum absolute atomic E-state index is 0. The Labute approximate surface area is 211 Å². The molecule has 0 unspecified atom stereocenters. The Kier molecular flexibility index (Phi) is 10.5. The van der Waals surface area contributed by atoms with Crippen molar-refractivity contribution in [1.29, 1.82) is 0 Å². The molecule has 183 valence electrons. The van der Waals surface area contributed by atoms with Gasteiger partial charge in [-0.05, 0) is 35.3 Å². The van der Waals surface area contributed by atoms with E-state index in [1.165, 1.54) is 21.8 Å². The first kappa shape index (κ1) is 27.6. The molecule has 0 bridgehead atoms. The van der Waals surface area contributed by atoms with Gasteiger partial charge in [0.2, 0.25) is 0 Å². The molecule has 5 rings (SSSR count). The zero-order valence-electron chi connectivity index (χ0n) is 18.0. The van der Waals surface area contributed by atoms with Gasteiger partial charge in [-0.15, -0.1) is 18.2 Å². The molecule has 0 fully saturated rings. The van der Waals surface area contributed by atoms with Gasteiger partial charge in [-0.3, -0.25) is 26.9 Å². The van der Waals surface area contributed by atoms with Gasteiger partial charge in [0.1, 0.15) is 0 Å². The molecule has 11 heteroatoms. The van der Waals surface area contributed by atoms with Gasteiger partial charge >= 0.3 is 0 Å². The SMILES string of the molecule is CO.Fc1c[c-]c(-c2ccccn2)c(F)c1.Fc1cc(F)c(-n2cccn2)[c-]c1-n1cccn1.[Ir]. The van der Waals surface area contributed by atoms with Gasteiger partial charge in [0.05, 0.1) is 0 Å². The van der Waals surface area contributed by atoms with Crippen LogP contribution in [0.2, 0.25) is 0 Å². The summed E-state index contributed by atoms with van der Waals surface area (Å²) in [5.41, 5.74) is 0.732. The average Bonchev–Trinajstić information content (AvgIpc) is 3.57. The van der Waals surface area contributed by atoms with Crippen LogP contribution in [0.1, 0.15) is 0 Å². The molecule has 3 aromatic heterocycles. The Balaban J connectivity index is 0.000000231. The zero-order valence-corrected chi connectivity index (χ0v) is 20.4. The number of hydrogen-bond acceptors (Lipinski definition) is 4. The van der Waals surface area contributed by atoms with Crippen molar-refractivity contribution >= 4 is 0 Å². The molecular weight excluding hydrogens is 643 g/mol. The largest absolute Gasteiger partial charge is 0.400 e. The van der Waals surface area contributed by atoms with Crippen LogP contribution in [0.15, 0.2) is 79.5 Å². The number of aliphatic hydroxyl groups excluding tert-OH is 1. The molecule has 1 radical (unpaired) electrons. The van der Waals surface area contributed by atoms with E-state index in [2.05, 4.69) is 27.3 Å². The maximum Gasteiger partial charge on any atom is 0.0493 e. The Hall–Kier alpha value is -3.66. The molecule has 0 amide bonds. The molecule has 0 aliphatic heterocycles. The molecule has 0 saturated carbocycles. The third kappa shape index (κ3) is 6.92. The first-order valence-electron chi connectivity index (χ1n) is 9.67. The van der Waals surface area contributed by atoms with Crippen molar-refractivity contribution in [3.05, 3.63) is 115 Å². The molecule has 0 saturated heterocycles. The smallest absolute Gasteiger partial charge is 0.0493 e. The van der Waals surface area contributed by atoms with Gasteiger partial charge in [0.25, 0.3) is 0 Å². The zero-order chi connectivity index (χ0) is 24.5. The van der Waals surface area contributed by atoms with E-state index in [0.29, 0.717) is 5.69 Å². The number of pyridine rings is 1. The van der Waals surface area contributed by atoms with E-state index in [1.54, 1.807) is 48.9 Å². The first-order valence-corrected chi connectivity index (χ1v) is 9.67. The Morgan fingerprint density at radius 1 is 0.771 bits per heavy atom. The fourth-order valence-corrected chi connectivity index (χ4v) is 2.77. The minimum Gasteiger partial charge on any atom is -0.400 e. The molecule has 0 aliphatic carbocycles. The quantitative estimate of drug-likeness (QED) is 0.228. The van der Waals surface area contributed by atoms with Crippen molar-refractivity contribution in [3.8, 4) is 22.6 Å². The van der Waals surface area contributed by atoms with E-state index in [1.807, 2.05) is 0 Å². The number of aromatic nitrogens is 5.